The summed E-state index contributed by atoms with van der Waals surface area (Å²) in [5, 5.41) is 18.8. The minimum Gasteiger partial charge on any atom is -0.395 e. The molecule has 2 heterocycles. The molecule has 0 aliphatic carbocycles. The zero-order chi connectivity index (χ0) is 13.0. The van der Waals surface area contributed by atoms with Crippen LogP contribution in [-0.2, 0) is 0 Å². The lowest BCUT2D eigenvalue weighted by atomic mass is 10.2. The molecular weight excluding hydrogens is 235 g/mol. The van der Waals surface area contributed by atoms with Crippen LogP contribution < -0.4 is 0 Å². The van der Waals surface area contributed by atoms with Crippen LogP contribution in [0.4, 0.5) is 4.39 Å². The van der Waals surface area contributed by atoms with Gasteiger partial charge in [-0.15, -0.1) is 0 Å². The highest BCUT2D eigenvalue weighted by Crippen LogP contribution is 2.17. The van der Waals surface area contributed by atoms with Gasteiger partial charge in [-0.25, -0.2) is 4.98 Å². The summed E-state index contributed by atoms with van der Waals surface area (Å²) in [5.41, 5.74) is 0.830. The van der Waals surface area contributed by atoms with Crippen molar-refractivity contribution in [2.75, 3.05) is 19.7 Å². The molecule has 1 aromatic heterocycles. The van der Waals surface area contributed by atoms with E-state index in [0.29, 0.717) is 13.0 Å². The summed E-state index contributed by atoms with van der Waals surface area (Å²) < 4.78 is 12.6. The number of nitrogens with zero attached hydrogens (tertiary/aromatic N) is 2. The molecule has 1 fully saturated rings. The van der Waals surface area contributed by atoms with E-state index in [2.05, 4.69) is 4.98 Å². The van der Waals surface area contributed by atoms with E-state index >= 15 is 0 Å². The Bertz CT molecular complexity index is 408. The highest BCUT2D eigenvalue weighted by Gasteiger charge is 2.30. The molecule has 2 atom stereocenters. The van der Waals surface area contributed by atoms with Gasteiger partial charge in [0.2, 0.25) is 5.95 Å². The summed E-state index contributed by atoms with van der Waals surface area (Å²) in [6.07, 6.45) is 5.49. The summed E-state index contributed by atoms with van der Waals surface area (Å²) >= 11 is 0. The van der Waals surface area contributed by atoms with Gasteiger partial charge in [-0.05, 0) is 24.1 Å². The van der Waals surface area contributed by atoms with Crippen molar-refractivity contribution in [3.05, 3.63) is 35.9 Å². The molecule has 18 heavy (non-hydrogen) atoms. The number of pyridine rings is 1. The molecule has 4 nitrogen and oxygen atoms in total. The van der Waals surface area contributed by atoms with Crippen molar-refractivity contribution in [2.24, 2.45) is 0 Å². The number of aliphatic hydroxyl groups excluding tert-OH is 2. The van der Waals surface area contributed by atoms with Gasteiger partial charge >= 0.3 is 0 Å². The molecule has 2 rings (SSSR count). The smallest absolute Gasteiger partial charge is 0.212 e. The van der Waals surface area contributed by atoms with Gasteiger partial charge in [-0.2, -0.15) is 4.39 Å². The van der Waals surface area contributed by atoms with Gasteiger partial charge in [-0.1, -0.05) is 12.2 Å². The maximum Gasteiger partial charge on any atom is 0.212 e. The minimum absolute atomic E-state index is 0.0346. The molecule has 1 aromatic rings. The fraction of sp³-hybridized carbons (Fsp3) is 0.462. The molecule has 0 radical (unpaired) electrons. The van der Waals surface area contributed by atoms with Crippen molar-refractivity contribution < 1.29 is 14.6 Å². The molecule has 0 saturated carbocycles. The lowest BCUT2D eigenvalue weighted by Gasteiger charge is -2.22. The van der Waals surface area contributed by atoms with E-state index in [1.54, 1.807) is 6.07 Å². The number of aliphatic hydroxyl groups is 2. The van der Waals surface area contributed by atoms with E-state index in [-0.39, 0.29) is 12.6 Å². The Balaban J connectivity index is 1.89. The first-order valence-corrected chi connectivity index (χ1v) is 6.02. The van der Waals surface area contributed by atoms with Gasteiger partial charge in [0, 0.05) is 19.3 Å². The first-order valence-electron chi connectivity index (χ1n) is 6.02. The number of halogens is 1. The second-order valence-electron chi connectivity index (χ2n) is 4.42. The Morgan fingerprint density at radius 2 is 2.33 bits per heavy atom. The fourth-order valence-corrected chi connectivity index (χ4v) is 2.17. The van der Waals surface area contributed by atoms with E-state index in [4.69, 9.17) is 0 Å². The van der Waals surface area contributed by atoms with E-state index in [9.17, 15) is 14.6 Å². The first kappa shape index (κ1) is 13.1. The normalized spacial score (nSPS) is 25.1. The second-order valence-corrected chi connectivity index (χ2v) is 4.42. The van der Waals surface area contributed by atoms with Crippen LogP contribution in [0.25, 0.3) is 6.08 Å². The van der Waals surface area contributed by atoms with Gasteiger partial charge in [-0.3, -0.25) is 4.90 Å². The summed E-state index contributed by atoms with van der Waals surface area (Å²) in [6, 6.07) is 2.79. The van der Waals surface area contributed by atoms with E-state index < -0.39 is 12.1 Å². The second kappa shape index (κ2) is 6.04. The number of rotatable bonds is 4. The van der Waals surface area contributed by atoms with Crippen LogP contribution in [-0.4, -0.2) is 51.9 Å². The van der Waals surface area contributed by atoms with Gasteiger partial charge in [0.25, 0.3) is 0 Å². The van der Waals surface area contributed by atoms with Crippen molar-refractivity contribution in [1.82, 2.24) is 9.88 Å². The minimum atomic E-state index is -0.491. The Labute approximate surface area is 105 Å². The first-order chi connectivity index (χ1) is 8.70. The van der Waals surface area contributed by atoms with Crippen molar-refractivity contribution >= 4 is 6.08 Å². The maximum atomic E-state index is 12.6. The van der Waals surface area contributed by atoms with Crippen LogP contribution >= 0.6 is 0 Å². The summed E-state index contributed by atoms with van der Waals surface area (Å²) in [6.45, 7) is 1.39. The zero-order valence-corrected chi connectivity index (χ0v) is 10.0. The molecule has 0 spiro atoms. The van der Waals surface area contributed by atoms with Crippen molar-refractivity contribution in [3.8, 4) is 0 Å². The quantitative estimate of drug-likeness (QED) is 0.773. The molecule has 0 unspecified atom stereocenters. The van der Waals surface area contributed by atoms with E-state index in [1.807, 2.05) is 17.1 Å². The molecule has 5 heteroatoms. The number of hydrogen-bond acceptors (Lipinski definition) is 4. The third-order valence-corrected chi connectivity index (χ3v) is 3.21. The van der Waals surface area contributed by atoms with Crippen LogP contribution in [0.2, 0.25) is 0 Å². The maximum absolute atomic E-state index is 12.6. The summed E-state index contributed by atoms with van der Waals surface area (Å²) in [5.74, 6) is -0.491. The molecule has 1 aliphatic heterocycles. The third kappa shape index (κ3) is 3.13. The highest BCUT2D eigenvalue weighted by atomic mass is 19.1. The molecule has 0 amide bonds. The monoisotopic (exact) mass is 252 g/mol. The highest BCUT2D eigenvalue weighted by molar-refractivity contribution is 5.47. The number of likely N-dealkylation sites (tertiary alicyclic amines) is 1. The molecule has 2 N–H and O–H groups in total. The van der Waals surface area contributed by atoms with Gasteiger partial charge in [0.05, 0.1) is 18.8 Å². The van der Waals surface area contributed by atoms with Crippen molar-refractivity contribution in [1.29, 1.82) is 0 Å². The van der Waals surface area contributed by atoms with Crippen LogP contribution in [0.15, 0.2) is 24.4 Å². The van der Waals surface area contributed by atoms with Crippen molar-refractivity contribution in [2.45, 2.75) is 18.6 Å². The fourth-order valence-electron chi connectivity index (χ4n) is 2.17. The summed E-state index contributed by atoms with van der Waals surface area (Å²) in [4.78, 5) is 5.59. The average molecular weight is 252 g/mol. The standard InChI is InChI=1S/C13H17FN2O2/c14-13-4-3-10(8-15-13)2-1-6-16-7-5-12(18)11(16)9-17/h1-4,8,11-12,17-18H,5-7,9H2/b2-1+/t11-,12+/m0/s1. The van der Waals surface area contributed by atoms with Crippen LogP contribution in [0, 0.1) is 5.95 Å². The van der Waals surface area contributed by atoms with Gasteiger partial charge < -0.3 is 10.2 Å². The van der Waals surface area contributed by atoms with Crippen molar-refractivity contribution in [3.63, 3.8) is 0 Å². The third-order valence-electron chi connectivity index (χ3n) is 3.21. The number of aromatic nitrogens is 1. The average Bonchev–Trinajstić information content (AvgIpc) is 2.72. The Morgan fingerprint density at radius 1 is 1.50 bits per heavy atom. The SMILES string of the molecule is OC[C@H]1[C@H](O)CCN1C/C=C/c1ccc(F)nc1. The molecule has 98 valence electrons. The predicted octanol–water partition coefficient (Wildman–Crippen LogP) is 0.661. The molecule has 0 bridgehead atoms. The van der Waals surface area contributed by atoms with Gasteiger partial charge in [0.15, 0.2) is 0 Å². The Morgan fingerprint density at radius 3 is 3.00 bits per heavy atom. The molecule has 1 aliphatic rings. The summed E-state index contributed by atoms with van der Waals surface area (Å²) in [7, 11) is 0. The lowest BCUT2D eigenvalue weighted by molar-refractivity contribution is 0.0765. The molecule has 0 aromatic carbocycles. The largest absolute Gasteiger partial charge is 0.395 e. The van der Waals surface area contributed by atoms with Gasteiger partial charge in [0.1, 0.15) is 0 Å². The van der Waals surface area contributed by atoms with E-state index in [1.165, 1.54) is 12.3 Å². The number of hydrogen-bond donors (Lipinski definition) is 2. The van der Waals surface area contributed by atoms with Crippen LogP contribution in [0.3, 0.4) is 0 Å². The predicted molar refractivity (Wildman–Crippen MR) is 66.3 cm³/mol. The topological polar surface area (TPSA) is 56.6 Å². The Hall–Kier alpha value is -1.30. The molecular formula is C13H17FN2O2. The van der Waals surface area contributed by atoms with Crippen LogP contribution in [0.1, 0.15) is 12.0 Å². The van der Waals surface area contributed by atoms with E-state index in [0.717, 1.165) is 12.1 Å². The molecule has 1 saturated heterocycles. The van der Waals surface area contributed by atoms with Crippen LogP contribution in [0.5, 0.6) is 0 Å². The zero-order valence-electron chi connectivity index (χ0n) is 10.0. The Kier molecular flexibility index (Phi) is 4.41. The lowest BCUT2D eigenvalue weighted by Crippen LogP contribution is -2.38.